The average Bonchev–Trinajstić information content (AvgIpc) is 2.49. The minimum absolute atomic E-state index is 0.578. The Labute approximate surface area is 83.6 Å². The van der Waals surface area contributed by atoms with Gasteiger partial charge >= 0.3 is 0 Å². The molecule has 0 aliphatic rings. The van der Waals surface area contributed by atoms with Gasteiger partial charge in [-0.3, -0.25) is 0 Å². The van der Waals surface area contributed by atoms with E-state index in [-0.39, 0.29) is 0 Å². The first-order chi connectivity index (χ1) is 6.22. The van der Waals surface area contributed by atoms with Crippen molar-refractivity contribution in [3.8, 4) is 0 Å². The van der Waals surface area contributed by atoms with Crippen molar-refractivity contribution in [2.75, 3.05) is 0 Å². The predicted molar refractivity (Wildman–Crippen MR) is 55.9 cm³/mol. The van der Waals surface area contributed by atoms with Gasteiger partial charge in [0.2, 0.25) is 0 Å². The third-order valence-electron chi connectivity index (χ3n) is 1.89. The first-order valence-electron chi connectivity index (χ1n) is 4.74. The van der Waals surface area contributed by atoms with Gasteiger partial charge in [-0.25, -0.2) is 0 Å². The van der Waals surface area contributed by atoms with Crippen molar-refractivity contribution in [3.63, 3.8) is 0 Å². The molecule has 1 N–H and O–H groups in total. The second kappa shape index (κ2) is 5.29. The van der Waals surface area contributed by atoms with Crippen molar-refractivity contribution in [1.29, 1.82) is 0 Å². The Balaban J connectivity index is 2.26. The smallest absolute Gasteiger partial charge is 0.131 e. The Morgan fingerprint density at radius 2 is 2.23 bits per heavy atom. The number of aromatic nitrogens is 2. The summed E-state index contributed by atoms with van der Waals surface area (Å²) in [6, 6.07) is 0.578. The fourth-order valence-corrected chi connectivity index (χ4v) is 1.87. The second-order valence-corrected chi connectivity index (χ2v) is 4.55. The lowest BCUT2D eigenvalue weighted by molar-refractivity contribution is 0.506. The highest BCUT2D eigenvalue weighted by atomic mass is 32.1. The van der Waals surface area contributed by atoms with Gasteiger partial charge in [0.05, 0.1) is 0 Å². The first-order valence-corrected chi connectivity index (χ1v) is 5.56. The van der Waals surface area contributed by atoms with Crippen LogP contribution in [0, 0.1) is 6.92 Å². The summed E-state index contributed by atoms with van der Waals surface area (Å²) in [5, 5.41) is 13.6. The van der Waals surface area contributed by atoms with Crippen molar-refractivity contribution in [2.45, 2.75) is 46.2 Å². The van der Waals surface area contributed by atoms with Gasteiger partial charge in [0, 0.05) is 12.6 Å². The van der Waals surface area contributed by atoms with Crippen molar-refractivity contribution in [1.82, 2.24) is 15.5 Å². The van der Waals surface area contributed by atoms with E-state index in [1.807, 2.05) is 6.92 Å². The quantitative estimate of drug-likeness (QED) is 0.789. The third kappa shape index (κ3) is 3.83. The van der Waals surface area contributed by atoms with Crippen molar-refractivity contribution < 1.29 is 0 Å². The van der Waals surface area contributed by atoms with Crippen LogP contribution in [0.3, 0.4) is 0 Å². The molecule has 1 aromatic rings. The Morgan fingerprint density at radius 3 is 2.77 bits per heavy atom. The minimum Gasteiger partial charge on any atom is -0.308 e. The lowest BCUT2D eigenvalue weighted by atomic mass is 10.2. The van der Waals surface area contributed by atoms with Gasteiger partial charge in [0.25, 0.3) is 0 Å². The van der Waals surface area contributed by atoms with Crippen LogP contribution in [-0.2, 0) is 6.54 Å². The van der Waals surface area contributed by atoms with Crippen LogP contribution < -0.4 is 5.32 Å². The minimum atomic E-state index is 0.578. The summed E-state index contributed by atoms with van der Waals surface area (Å²) in [6.07, 6.45) is 2.45. The van der Waals surface area contributed by atoms with Crippen LogP contribution in [0.15, 0.2) is 0 Å². The van der Waals surface area contributed by atoms with Crippen molar-refractivity contribution in [2.24, 2.45) is 0 Å². The summed E-state index contributed by atoms with van der Waals surface area (Å²) in [7, 11) is 0. The molecule has 1 heterocycles. The molecule has 0 amide bonds. The molecule has 1 atom stereocenters. The molecule has 74 valence electrons. The van der Waals surface area contributed by atoms with Crippen LogP contribution in [0.25, 0.3) is 0 Å². The van der Waals surface area contributed by atoms with E-state index in [0.29, 0.717) is 6.04 Å². The molecule has 0 aromatic carbocycles. The maximum Gasteiger partial charge on any atom is 0.131 e. The Hall–Kier alpha value is -0.480. The Kier molecular flexibility index (Phi) is 4.32. The average molecular weight is 199 g/mol. The number of rotatable bonds is 5. The zero-order valence-electron chi connectivity index (χ0n) is 8.50. The summed E-state index contributed by atoms with van der Waals surface area (Å²) in [6.45, 7) is 7.24. The molecule has 0 fully saturated rings. The molecule has 1 aromatic heterocycles. The molecule has 4 heteroatoms. The van der Waals surface area contributed by atoms with Crippen molar-refractivity contribution in [3.05, 3.63) is 10.0 Å². The molecule has 1 rings (SSSR count). The number of aryl methyl sites for hydroxylation is 1. The lowest BCUT2D eigenvalue weighted by Gasteiger charge is -2.10. The Bertz CT molecular complexity index is 247. The number of nitrogens with zero attached hydrogens (tertiary/aromatic N) is 2. The summed E-state index contributed by atoms with van der Waals surface area (Å²) >= 11 is 1.66. The van der Waals surface area contributed by atoms with Crippen LogP contribution in [0.2, 0.25) is 0 Å². The molecule has 1 unspecified atom stereocenters. The van der Waals surface area contributed by atoms with Crippen LogP contribution in [-0.4, -0.2) is 16.2 Å². The molecule has 0 bridgehead atoms. The van der Waals surface area contributed by atoms with E-state index in [1.165, 1.54) is 12.8 Å². The molecule has 0 aliphatic carbocycles. The number of nitrogens with one attached hydrogen (secondary N) is 1. The summed E-state index contributed by atoms with van der Waals surface area (Å²) in [5.41, 5.74) is 0. The molecule has 13 heavy (non-hydrogen) atoms. The van der Waals surface area contributed by atoms with E-state index in [2.05, 4.69) is 29.4 Å². The van der Waals surface area contributed by atoms with E-state index in [0.717, 1.165) is 16.6 Å². The standard InChI is InChI=1S/C9H17N3S/c1-4-5-7(2)10-6-9-12-11-8(3)13-9/h7,10H,4-6H2,1-3H3. The van der Waals surface area contributed by atoms with E-state index >= 15 is 0 Å². The van der Waals surface area contributed by atoms with E-state index in [9.17, 15) is 0 Å². The van der Waals surface area contributed by atoms with E-state index in [1.54, 1.807) is 11.3 Å². The molecule has 0 saturated carbocycles. The molecule has 0 spiro atoms. The largest absolute Gasteiger partial charge is 0.308 e. The van der Waals surface area contributed by atoms with Gasteiger partial charge < -0.3 is 5.32 Å². The summed E-state index contributed by atoms with van der Waals surface area (Å²) in [4.78, 5) is 0. The maximum absolute atomic E-state index is 4.05. The highest BCUT2D eigenvalue weighted by Gasteiger charge is 2.02. The van der Waals surface area contributed by atoms with Crippen LogP contribution >= 0.6 is 11.3 Å². The van der Waals surface area contributed by atoms with Gasteiger partial charge in [0.1, 0.15) is 10.0 Å². The summed E-state index contributed by atoms with van der Waals surface area (Å²) in [5.74, 6) is 0. The van der Waals surface area contributed by atoms with Gasteiger partial charge in [-0.2, -0.15) is 0 Å². The molecule has 0 aliphatic heterocycles. The SMILES string of the molecule is CCCC(C)NCc1nnc(C)s1. The normalized spacial score (nSPS) is 13.2. The van der Waals surface area contributed by atoms with Gasteiger partial charge in [0.15, 0.2) is 0 Å². The van der Waals surface area contributed by atoms with Gasteiger partial charge in [-0.15, -0.1) is 21.5 Å². The fourth-order valence-electron chi connectivity index (χ4n) is 1.21. The van der Waals surface area contributed by atoms with Crippen LogP contribution in [0.4, 0.5) is 0 Å². The predicted octanol–water partition coefficient (Wildman–Crippen LogP) is 2.12. The highest BCUT2D eigenvalue weighted by molar-refractivity contribution is 7.11. The van der Waals surface area contributed by atoms with Crippen LogP contribution in [0.1, 0.15) is 36.7 Å². The fraction of sp³-hybridized carbons (Fsp3) is 0.778. The Morgan fingerprint density at radius 1 is 1.46 bits per heavy atom. The zero-order chi connectivity index (χ0) is 9.68. The monoisotopic (exact) mass is 199 g/mol. The van der Waals surface area contributed by atoms with E-state index < -0.39 is 0 Å². The van der Waals surface area contributed by atoms with Crippen molar-refractivity contribution >= 4 is 11.3 Å². The van der Waals surface area contributed by atoms with Gasteiger partial charge in [-0.05, 0) is 20.3 Å². The molecule has 3 nitrogen and oxygen atoms in total. The third-order valence-corrected chi connectivity index (χ3v) is 2.73. The molecular weight excluding hydrogens is 182 g/mol. The second-order valence-electron chi connectivity index (χ2n) is 3.29. The highest BCUT2D eigenvalue weighted by Crippen LogP contribution is 2.07. The zero-order valence-corrected chi connectivity index (χ0v) is 9.32. The summed E-state index contributed by atoms with van der Waals surface area (Å²) < 4.78 is 0. The van der Waals surface area contributed by atoms with Gasteiger partial charge in [-0.1, -0.05) is 13.3 Å². The first kappa shape index (κ1) is 10.6. The molecular formula is C9H17N3S. The van der Waals surface area contributed by atoms with Crippen LogP contribution in [0.5, 0.6) is 0 Å². The molecule has 0 radical (unpaired) electrons. The maximum atomic E-state index is 4.05. The topological polar surface area (TPSA) is 37.8 Å². The number of hydrogen-bond acceptors (Lipinski definition) is 4. The van der Waals surface area contributed by atoms with E-state index in [4.69, 9.17) is 0 Å². The molecule has 0 saturated heterocycles. The number of hydrogen-bond donors (Lipinski definition) is 1. The lowest BCUT2D eigenvalue weighted by Crippen LogP contribution is -2.24.